The van der Waals surface area contributed by atoms with Gasteiger partial charge in [0.25, 0.3) is 0 Å². The quantitative estimate of drug-likeness (QED) is 0.549. The molecule has 80 valence electrons. The number of halogens is 4. The third kappa shape index (κ3) is 3.19. The standard InChI is InChI=1S/C10H6F4O/c11-9(10(12,13)14)5-7-2-1-3-8(4-7)6-15/h1-6H/b9-5+. The van der Waals surface area contributed by atoms with E-state index < -0.39 is 12.0 Å². The van der Waals surface area contributed by atoms with Crippen LogP contribution >= 0.6 is 0 Å². The number of carbonyl (C=O) groups is 1. The van der Waals surface area contributed by atoms with Crippen molar-refractivity contribution in [3.05, 3.63) is 41.2 Å². The first-order valence-corrected chi connectivity index (χ1v) is 3.93. The van der Waals surface area contributed by atoms with E-state index in [-0.39, 0.29) is 11.1 Å². The Morgan fingerprint density at radius 2 is 1.80 bits per heavy atom. The summed E-state index contributed by atoms with van der Waals surface area (Å²) in [4.78, 5) is 10.3. The Kier molecular flexibility index (Phi) is 3.24. The summed E-state index contributed by atoms with van der Waals surface area (Å²) >= 11 is 0. The van der Waals surface area contributed by atoms with Crippen molar-refractivity contribution in [2.45, 2.75) is 6.18 Å². The van der Waals surface area contributed by atoms with Crippen molar-refractivity contribution < 1.29 is 22.4 Å². The van der Waals surface area contributed by atoms with Crippen LogP contribution in [0.2, 0.25) is 0 Å². The van der Waals surface area contributed by atoms with Crippen molar-refractivity contribution >= 4 is 12.4 Å². The maximum atomic E-state index is 12.5. The lowest BCUT2D eigenvalue weighted by Gasteiger charge is -2.02. The summed E-state index contributed by atoms with van der Waals surface area (Å²) in [6.07, 6.45) is -4.17. The summed E-state index contributed by atoms with van der Waals surface area (Å²) in [6, 6.07) is 5.23. The highest BCUT2D eigenvalue weighted by molar-refractivity contribution is 5.76. The third-order valence-corrected chi connectivity index (χ3v) is 1.61. The van der Waals surface area contributed by atoms with Gasteiger partial charge in [-0.05, 0) is 17.7 Å². The highest BCUT2D eigenvalue weighted by atomic mass is 19.4. The zero-order valence-corrected chi connectivity index (χ0v) is 7.38. The summed E-state index contributed by atoms with van der Waals surface area (Å²) in [5.74, 6) is -2.19. The molecule has 0 heterocycles. The molecule has 0 N–H and O–H groups in total. The van der Waals surface area contributed by atoms with Crippen molar-refractivity contribution in [3.8, 4) is 0 Å². The molecule has 0 saturated carbocycles. The minimum Gasteiger partial charge on any atom is -0.298 e. The van der Waals surface area contributed by atoms with Crippen LogP contribution in [0.1, 0.15) is 15.9 Å². The maximum absolute atomic E-state index is 12.5. The van der Waals surface area contributed by atoms with Crippen LogP contribution in [0.25, 0.3) is 6.08 Å². The molecule has 0 aliphatic heterocycles. The number of allylic oxidation sites excluding steroid dienone is 1. The van der Waals surface area contributed by atoms with Crippen LogP contribution < -0.4 is 0 Å². The molecular formula is C10H6F4O. The van der Waals surface area contributed by atoms with Gasteiger partial charge in [0.05, 0.1) is 0 Å². The number of hydrogen-bond acceptors (Lipinski definition) is 1. The zero-order chi connectivity index (χ0) is 11.5. The topological polar surface area (TPSA) is 17.1 Å². The molecule has 0 bridgehead atoms. The molecular weight excluding hydrogens is 212 g/mol. The SMILES string of the molecule is O=Cc1cccc(/C=C(/F)C(F)(F)F)c1. The highest BCUT2D eigenvalue weighted by Gasteiger charge is 2.34. The minimum absolute atomic E-state index is 0.00516. The summed E-state index contributed by atoms with van der Waals surface area (Å²) < 4.78 is 47.9. The fourth-order valence-corrected chi connectivity index (χ4v) is 0.950. The van der Waals surface area contributed by atoms with E-state index in [0.29, 0.717) is 12.4 Å². The molecule has 0 aliphatic carbocycles. The van der Waals surface area contributed by atoms with Gasteiger partial charge in [-0.15, -0.1) is 0 Å². The highest BCUT2D eigenvalue weighted by Crippen LogP contribution is 2.28. The van der Waals surface area contributed by atoms with Gasteiger partial charge >= 0.3 is 6.18 Å². The second kappa shape index (κ2) is 4.25. The van der Waals surface area contributed by atoms with Crippen molar-refractivity contribution in [3.63, 3.8) is 0 Å². The molecule has 0 fully saturated rings. The Bertz CT molecular complexity index is 393. The molecule has 15 heavy (non-hydrogen) atoms. The van der Waals surface area contributed by atoms with Crippen LogP contribution in [0.5, 0.6) is 0 Å². The lowest BCUT2D eigenvalue weighted by molar-refractivity contribution is -0.107. The maximum Gasteiger partial charge on any atom is 0.442 e. The zero-order valence-electron chi connectivity index (χ0n) is 7.38. The van der Waals surface area contributed by atoms with Gasteiger partial charge in [0.15, 0.2) is 0 Å². The van der Waals surface area contributed by atoms with E-state index in [1.807, 2.05) is 0 Å². The number of rotatable bonds is 2. The molecule has 1 aromatic rings. The summed E-state index contributed by atoms with van der Waals surface area (Å²) in [5.41, 5.74) is 0.188. The van der Waals surface area contributed by atoms with E-state index in [4.69, 9.17) is 0 Å². The molecule has 0 radical (unpaired) electrons. The third-order valence-electron chi connectivity index (χ3n) is 1.61. The van der Waals surface area contributed by atoms with Crippen molar-refractivity contribution in [2.75, 3.05) is 0 Å². The fraction of sp³-hybridized carbons (Fsp3) is 0.100. The molecule has 1 aromatic carbocycles. The number of aldehydes is 1. The summed E-state index contributed by atoms with van der Waals surface area (Å²) in [6.45, 7) is 0. The molecule has 0 atom stereocenters. The van der Waals surface area contributed by atoms with Gasteiger partial charge in [0.1, 0.15) is 6.29 Å². The first kappa shape index (κ1) is 11.4. The van der Waals surface area contributed by atoms with Gasteiger partial charge in [-0.25, -0.2) is 4.39 Å². The number of carbonyl (C=O) groups excluding carboxylic acids is 1. The first-order valence-electron chi connectivity index (χ1n) is 3.93. The summed E-state index contributed by atoms with van der Waals surface area (Å²) in [5, 5.41) is 0. The van der Waals surface area contributed by atoms with E-state index >= 15 is 0 Å². The smallest absolute Gasteiger partial charge is 0.298 e. The van der Waals surface area contributed by atoms with Gasteiger partial charge in [0, 0.05) is 5.56 Å². The molecule has 1 nitrogen and oxygen atoms in total. The van der Waals surface area contributed by atoms with Crippen LogP contribution in [0.15, 0.2) is 30.1 Å². The average molecular weight is 218 g/mol. The number of alkyl halides is 3. The summed E-state index contributed by atoms with van der Waals surface area (Å²) in [7, 11) is 0. The molecule has 1 rings (SSSR count). The van der Waals surface area contributed by atoms with Crippen LogP contribution in [0.4, 0.5) is 17.6 Å². The van der Waals surface area contributed by atoms with Gasteiger partial charge in [-0.2, -0.15) is 13.2 Å². The van der Waals surface area contributed by atoms with Gasteiger partial charge in [-0.3, -0.25) is 4.79 Å². The molecule has 0 aromatic heterocycles. The van der Waals surface area contributed by atoms with Crippen LogP contribution in [-0.4, -0.2) is 12.5 Å². The predicted octanol–water partition coefficient (Wildman–Crippen LogP) is 3.37. The second-order valence-corrected chi connectivity index (χ2v) is 2.78. The Balaban J connectivity index is 3.03. The van der Waals surface area contributed by atoms with Crippen LogP contribution in [0, 0.1) is 0 Å². The monoisotopic (exact) mass is 218 g/mol. The molecule has 0 spiro atoms. The van der Waals surface area contributed by atoms with E-state index in [1.54, 1.807) is 0 Å². The average Bonchev–Trinajstić information content (AvgIpc) is 2.16. The largest absolute Gasteiger partial charge is 0.442 e. The lowest BCUT2D eigenvalue weighted by Crippen LogP contribution is -2.07. The Morgan fingerprint density at radius 3 is 2.33 bits per heavy atom. The first-order chi connectivity index (χ1) is 6.93. The predicted molar refractivity (Wildman–Crippen MR) is 47.0 cm³/mol. The lowest BCUT2D eigenvalue weighted by atomic mass is 10.1. The van der Waals surface area contributed by atoms with Crippen molar-refractivity contribution in [1.82, 2.24) is 0 Å². The minimum atomic E-state index is -4.99. The molecule has 0 aliphatic rings. The second-order valence-electron chi connectivity index (χ2n) is 2.78. The van der Waals surface area contributed by atoms with Gasteiger partial charge in [-0.1, -0.05) is 18.2 Å². The molecule has 5 heteroatoms. The number of hydrogen-bond donors (Lipinski definition) is 0. The van der Waals surface area contributed by atoms with Crippen LogP contribution in [0.3, 0.4) is 0 Å². The van der Waals surface area contributed by atoms with Crippen LogP contribution in [-0.2, 0) is 0 Å². The molecule has 0 unspecified atom stereocenters. The number of benzene rings is 1. The van der Waals surface area contributed by atoms with Gasteiger partial charge in [0.2, 0.25) is 5.83 Å². The van der Waals surface area contributed by atoms with E-state index in [9.17, 15) is 22.4 Å². The van der Waals surface area contributed by atoms with Crippen molar-refractivity contribution in [1.29, 1.82) is 0 Å². The Hall–Kier alpha value is -1.65. The van der Waals surface area contributed by atoms with E-state index in [0.717, 1.165) is 0 Å². The van der Waals surface area contributed by atoms with Gasteiger partial charge < -0.3 is 0 Å². The fourth-order valence-electron chi connectivity index (χ4n) is 0.950. The molecule has 0 saturated heterocycles. The van der Waals surface area contributed by atoms with E-state index in [2.05, 4.69) is 0 Å². The molecule has 0 amide bonds. The Morgan fingerprint density at radius 1 is 1.20 bits per heavy atom. The van der Waals surface area contributed by atoms with E-state index in [1.165, 1.54) is 24.3 Å². The Labute approximate surface area is 83.0 Å². The van der Waals surface area contributed by atoms with Crippen molar-refractivity contribution in [2.24, 2.45) is 0 Å². The normalized spacial score (nSPS) is 12.7.